The van der Waals surface area contributed by atoms with Crippen molar-refractivity contribution in [2.45, 2.75) is 0 Å². The van der Waals surface area contributed by atoms with Crippen LogP contribution in [0.15, 0.2) is 30.5 Å². The number of nitrogens with zero attached hydrogens (tertiary/aromatic N) is 1. The summed E-state index contributed by atoms with van der Waals surface area (Å²) in [7, 11) is 0.500. The largest absolute Gasteiger partial charge is 0.454 e. The van der Waals surface area contributed by atoms with Gasteiger partial charge in [-0.15, -0.1) is 0 Å². The first kappa shape index (κ1) is 19.8. The molecule has 0 aliphatic carbocycles. The molecule has 0 fully saturated rings. The summed E-state index contributed by atoms with van der Waals surface area (Å²) in [4.78, 5) is 15.5. The lowest BCUT2D eigenvalue weighted by Gasteiger charge is -2.09. The fourth-order valence-corrected chi connectivity index (χ4v) is 2.13. The van der Waals surface area contributed by atoms with Gasteiger partial charge in [0.1, 0.15) is 16.7 Å². The number of rotatable bonds is 4. The zero-order valence-electron chi connectivity index (χ0n) is 11.6. The molecule has 5 nitrogen and oxygen atoms in total. The highest BCUT2D eigenvalue weighted by Gasteiger charge is 2.10. The smallest absolute Gasteiger partial charge is 0.262 e. The Morgan fingerprint density at radius 1 is 1.26 bits per heavy atom. The van der Waals surface area contributed by atoms with Crippen molar-refractivity contribution in [1.82, 2.24) is 9.71 Å². The number of nitrogens with one attached hydrogen (secondary N) is 1. The number of pyridine rings is 1. The summed E-state index contributed by atoms with van der Waals surface area (Å²) in [5.74, 6) is 0.377. The minimum absolute atomic E-state index is 0.182. The van der Waals surface area contributed by atoms with Crippen LogP contribution in [0.3, 0.4) is 0 Å². The second-order valence-corrected chi connectivity index (χ2v) is 5.35. The van der Waals surface area contributed by atoms with Gasteiger partial charge in [-0.05, 0) is 18.2 Å². The first-order chi connectivity index (χ1) is 11.0. The van der Waals surface area contributed by atoms with Crippen molar-refractivity contribution in [1.29, 1.82) is 0 Å². The molecular formula is C13H11Cl3FN3O2S. The van der Waals surface area contributed by atoms with Gasteiger partial charge in [0.05, 0.1) is 23.4 Å². The minimum atomic E-state index is -0.354. The van der Waals surface area contributed by atoms with Gasteiger partial charge in [0.15, 0.2) is 0 Å². The van der Waals surface area contributed by atoms with Gasteiger partial charge in [-0.25, -0.2) is 4.98 Å². The van der Waals surface area contributed by atoms with Gasteiger partial charge in [0.25, 0.3) is 5.91 Å². The van der Waals surface area contributed by atoms with Gasteiger partial charge >= 0.3 is 0 Å². The number of carbonyl (C=O) groups is 1. The average molecular weight is 399 g/mol. The maximum Gasteiger partial charge on any atom is 0.262 e. The molecule has 0 aliphatic rings. The maximum atomic E-state index is 11.6. The first-order valence-corrected chi connectivity index (χ1v) is 7.85. The standard InChI is InChI=1S/C12H8Cl3N3O2S.CH3F/c13-8-3-6(12(19)18-21-16)1-2-10(8)20-7-4-9(14)11(15)17-5-7;1-2/h1-5H,16H2,(H,18,19);1H3. The molecule has 0 bridgehead atoms. The Kier molecular flexibility index (Phi) is 8.43. The molecule has 1 aromatic carbocycles. The van der Waals surface area contributed by atoms with Gasteiger partial charge in [-0.1, -0.05) is 34.8 Å². The number of ether oxygens (including phenoxy) is 1. The van der Waals surface area contributed by atoms with E-state index in [1.807, 2.05) is 0 Å². The zero-order valence-corrected chi connectivity index (χ0v) is 14.7. The number of benzene rings is 1. The van der Waals surface area contributed by atoms with E-state index in [1.165, 1.54) is 18.3 Å². The number of hydrogen-bond donors (Lipinski definition) is 2. The summed E-state index contributed by atoms with van der Waals surface area (Å²) in [5.41, 5.74) is 0.359. The van der Waals surface area contributed by atoms with Crippen molar-refractivity contribution in [2.75, 3.05) is 7.18 Å². The third-order valence-corrected chi connectivity index (χ3v) is 3.63. The average Bonchev–Trinajstić information content (AvgIpc) is 2.55. The molecule has 1 heterocycles. The molecule has 0 atom stereocenters. The van der Waals surface area contributed by atoms with Crippen LogP contribution in [0.1, 0.15) is 10.4 Å². The SMILES string of the molecule is CF.NSNC(=O)c1ccc(Oc2cnc(Cl)c(Cl)c2)c(Cl)c1. The molecule has 124 valence electrons. The van der Waals surface area contributed by atoms with E-state index in [9.17, 15) is 9.18 Å². The topological polar surface area (TPSA) is 77.2 Å². The number of carbonyl (C=O) groups excluding carboxylic acids is 1. The lowest BCUT2D eigenvalue weighted by molar-refractivity contribution is 0.0984. The molecule has 0 saturated carbocycles. The molecule has 0 unspecified atom stereocenters. The van der Waals surface area contributed by atoms with Crippen LogP contribution in [-0.2, 0) is 0 Å². The van der Waals surface area contributed by atoms with Crippen molar-refractivity contribution in [3.63, 3.8) is 0 Å². The van der Waals surface area contributed by atoms with E-state index in [0.29, 0.717) is 36.4 Å². The molecular weight excluding hydrogens is 388 g/mol. The van der Waals surface area contributed by atoms with Gasteiger partial charge < -0.3 is 4.74 Å². The third kappa shape index (κ3) is 5.71. The highest BCUT2D eigenvalue weighted by Crippen LogP contribution is 2.32. The summed E-state index contributed by atoms with van der Waals surface area (Å²) in [5, 5.41) is 5.87. The lowest BCUT2D eigenvalue weighted by atomic mass is 10.2. The van der Waals surface area contributed by atoms with Crippen LogP contribution in [0.25, 0.3) is 0 Å². The Morgan fingerprint density at radius 2 is 1.96 bits per heavy atom. The van der Waals surface area contributed by atoms with Crippen LogP contribution in [0, 0.1) is 0 Å². The van der Waals surface area contributed by atoms with Crippen molar-refractivity contribution < 1.29 is 13.9 Å². The number of alkyl halides is 1. The minimum Gasteiger partial charge on any atom is -0.454 e. The Balaban J connectivity index is 0.00000127. The summed E-state index contributed by atoms with van der Waals surface area (Å²) in [6, 6.07) is 6.09. The van der Waals surface area contributed by atoms with Crippen LogP contribution >= 0.6 is 46.9 Å². The van der Waals surface area contributed by atoms with Crippen molar-refractivity contribution in [3.8, 4) is 11.5 Å². The van der Waals surface area contributed by atoms with Crippen LogP contribution in [-0.4, -0.2) is 18.1 Å². The molecule has 1 aromatic heterocycles. The van der Waals surface area contributed by atoms with Gasteiger partial charge in [-0.3, -0.25) is 19.0 Å². The van der Waals surface area contributed by atoms with E-state index in [-0.39, 0.29) is 21.1 Å². The molecule has 0 radical (unpaired) electrons. The van der Waals surface area contributed by atoms with Gasteiger partial charge in [0.2, 0.25) is 0 Å². The Hall–Kier alpha value is -1.25. The van der Waals surface area contributed by atoms with Crippen molar-refractivity contribution in [3.05, 3.63) is 51.2 Å². The van der Waals surface area contributed by atoms with Crippen LogP contribution in [0.5, 0.6) is 11.5 Å². The fraction of sp³-hybridized carbons (Fsp3) is 0.0769. The van der Waals surface area contributed by atoms with E-state index >= 15 is 0 Å². The number of aromatic nitrogens is 1. The summed E-state index contributed by atoms with van der Waals surface area (Å²) in [6.45, 7) is 0. The predicted octanol–water partition coefficient (Wildman–Crippen LogP) is 4.67. The first-order valence-electron chi connectivity index (χ1n) is 5.83. The number of halogens is 4. The van der Waals surface area contributed by atoms with E-state index in [4.69, 9.17) is 44.7 Å². The Labute approximate surface area is 151 Å². The van der Waals surface area contributed by atoms with Crippen LogP contribution < -0.4 is 14.6 Å². The highest BCUT2D eigenvalue weighted by molar-refractivity contribution is 7.95. The molecule has 3 N–H and O–H groups in total. The second kappa shape index (κ2) is 9.79. The molecule has 23 heavy (non-hydrogen) atoms. The highest BCUT2D eigenvalue weighted by atomic mass is 35.5. The van der Waals surface area contributed by atoms with E-state index < -0.39 is 0 Å². The maximum absolute atomic E-state index is 11.6. The normalized spacial score (nSPS) is 9.65. The summed E-state index contributed by atoms with van der Waals surface area (Å²) < 4.78 is 17.4. The molecule has 0 spiro atoms. The lowest BCUT2D eigenvalue weighted by Crippen LogP contribution is -2.17. The predicted molar refractivity (Wildman–Crippen MR) is 92.1 cm³/mol. The summed E-state index contributed by atoms with van der Waals surface area (Å²) >= 11 is 18.3. The monoisotopic (exact) mass is 397 g/mol. The van der Waals surface area contributed by atoms with E-state index in [2.05, 4.69) is 9.71 Å². The molecule has 2 aromatic rings. The number of amides is 1. The van der Waals surface area contributed by atoms with Crippen LogP contribution in [0.2, 0.25) is 15.2 Å². The Morgan fingerprint density at radius 3 is 2.52 bits per heavy atom. The Bertz CT molecular complexity index is 692. The van der Waals surface area contributed by atoms with Gasteiger partial charge in [-0.2, -0.15) is 0 Å². The van der Waals surface area contributed by atoms with Crippen molar-refractivity contribution >= 4 is 52.8 Å². The van der Waals surface area contributed by atoms with Crippen LogP contribution in [0.4, 0.5) is 4.39 Å². The third-order valence-electron chi connectivity index (χ3n) is 2.34. The van der Waals surface area contributed by atoms with Crippen molar-refractivity contribution in [2.24, 2.45) is 5.14 Å². The molecule has 0 saturated heterocycles. The van der Waals surface area contributed by atoms with E-state index in [1.54, 1.807) is 12.1 Å². The molecule has 10 heteroatoms. The quantitative estimate of drug-likeness (QED) is 0.578. The van der Waals surface area contributed by atoms with E-state index in [0.717, 1.165) is 0 Å². The molecule has 0 aliphatic heterocycles. The van der Waals surface area contributed by atoms with Gasteiger partial charge in [0, 0.05) is 23.8 Å². The fourth-order valence-electron chi connectivity index (χ4n) is 1.42. The number of hydrogen-bond acceptors (Lipinski definition) is 5. The summed E-state index contributed by atoms with van der Waals surface area (Å²) in [6.07, 6.45) is 1.41. The zero-order chi connectivity index (χ0) is 17.4. The second-order valence-electron chi connectivity index (χ2n) is 3.74. The molecule has 1 amide bonds. The molecule has 2 rings (SSSR count). The number of nitrogens with two attached hydrogens (primary N) is 1.